The predicted molar refractivity (Wildman–Crippen MR) is 58.0 cm³/mol. The van der Waals surface area contributed by atoms with Crippen LogP contribution in [0.15, 0.2) is 21.3 Å². The lowest BCUT2D eigenvalue weighted by molar-refractivity contribution is -0.123. The number of amides is 1. The first-order valence-electron chi connectivity index (χ1n) is 3.96. The number of carbonyl (C=O) groups is 1. The molecule has 0 radical (unpaired) electrons. The van der Waals surface area contributed by atoms with Gasteiger partial charge < -0.3 is 5.32 Å². The summed E-state index contributed by atoms with van der Waals surface area (Å²) in [5, 5.41) is 1.76. The van der Waals surface area contributed by atoms with Crippen molar-refractivity contribution in [1.82, 2.24) is 10.3 Å². The van der Waals surface area contributed by atoms with Crippen LogP contribution in [0.5, 0.6) is 0 Å². The largest absolute Gasteiger partial charge is 0.405 e. The van der Waals surface area contributed by atoms with Crippen LogP contribution in [0.4, 0.5) is 13.2 Å². The fourth-order valence-corrected chi connectivity index (χ4v) is 1.99. The molecule has 1 N–H and O–H groups in total. The fourth-order valence-electron chi connectivity index (χ4n) is 0.879. The Morgan fingerprint density at radius 1 is 1.31 bits per heavy atom. The van der Waals surface area contributed by atoms with E-state index in [1.807, 2.05) is 0 Å². The van der Waals surface area contributed by atoms with Crippen LogP contribution in [0.2, 0.25) is 0 Å². The number of rotatable bonds is 2. The highest BCUT2D eigenvalue weighted by Gasteiger charge is 2.27. The molecule has 0 aliphatic heterocycles. The Kier molecular flexibility index (Phi) is 4.31. The number of pyridine rings is 1. The third-order valence-corrected chi connectivity index (χ3v) is 2.29. The van der Waals surface area contributed by atoms with Crippen LogP contribution in [0, 0.1) is 0 Å². The zero-order valence-electron chi connectivity index (χ0n) is 7.61. The summed E-state index contributed by atoms with van der Waals surface area (Å²) in [5.74, 6) is -0.805. The molecule has 0 spiro atoms. The van der Waals surface area contributed by atoms with Crippen molar-refractivity contribution in [1.29, 1.82) is 0 Å². The Hall–Kier alpha value is -0.630. The molecule has 1 aromatic heterocycles. The first kappa shape index (κ1) is 13.4. The highest BCUT2D eigenvalue weighted by atomic mass is 79.9. The topological polar surface area (TPSA) is 42.0 Å². The number of alkyl halides is 3. The van der Waals surface area contributed by atoms with Gasteiger partial charge in [-0.05, 0) is 44.0 Å². The molecule has 1 heterocycles. The summed E-state index contributed by atoms with van der Waals surface area (Å²) in [5.41, 5.74) is 0.0954. The lowest BCUT2D eigenvalue weighted by Gasteiger charge is -2.08. The molecule has 0 fully saturated rings. The molecule has 0 bridgehead atoms. The standard InChI is InChI=1S/C8H5Br2F3N2O/c9-5-1-4(2-6(10)15-5)7(16)14-3-8(11,12)13/h1-2H,3H2,(H,14,16). The molecule has 3 nitrogen and oxygen atoms in total. The summed E-state index contributed by atoms with van der Waals surface area (Å²) in [6, 6.07) is 2.66. The molecule has 1 aromatic rings. The number of hydrogen-bond donors (Lipinski definition) is 1. The molecule has 8 heteroatoms. The smallest absolute Gasteiger partial charge is 0.343 e. The molecule has 0 unspecified atom stereocenters. The minimum Gasteiger partial charge on any atom is -0.343 e. The highest BCUT2D eigenvalue weighted by Crippen LogP contribution is 2.16. The maximum atomic E-state index is 11.8. The quantitative estimate of drug-likeness (QED) is 0.823. The molecule has 0 saturated heterocycles. The molecule has 0 aromatic carbocycles. The van der Waals surface area contributed by atoms with Crippen molar-refractivity contribution in [3.05, 3.63) is 26.9 Å². The highest BCUT2D eigenvalue weighted by molar-refractivity contribution is 9.11. The summed E-state index contributed by atoms with van der Waals surface area (Å²) >= 11 is 6.06. The Labute approximate surface area is 106 Å². The minimum absolute atomic E-state index is 0.0954. The molecule has 16 heavy (non-hydrogen) atoms. The van der Waals surface area contributed by atoms with Gasteiger partial charge in [-0.25, -0.2) is 4.98 Å². The number of hydrogen-bond acceptors (Lipinski definition) is 2. The summed E-state index contributed by atoms with van der Waals surface area (Å²) in [7, 11) is 0. The number of aromatic nitrogens is 1. The van der Waals surface area contributed by atoms with Crippen molar-refractivity contribution in [2.45, 2.75) is 6.18 Å². The van der Waals surface area contributed by atoms with Crippen LogP contribution in [-0.4, -0.2) is 23.6 Å². The average Bonchev–Trinajstić information content (AvgIpc) is 2.11. The van der Waals surface area contributed by atoms with Crippen LogP contribution >= 0.6 is 31.9 Å². The van der Waals surface area contributed by atoms with E-state index in [4.69, 9.17) is 0 Å². The summed E-state index contributed by atoms with van der Waals surface area (Å²) in [6.07, 6.45) is -4.42. The van der Waals surface area contributed by atoms with Crippen molar-refractivity contribution >= 4 is 37.8 Å². The van der Waals surface area contributed by atoms with Gasteiger partial charge in [0.15, 0.2) is 0 Å². The van der Waals surface area contributed by atoms with Crippen molar-refractivity contribution in [3.8, 4) is 0 Å². The van der Waals surface area contributed by atoms with Crippen LogP contribution in [0.3, 0.4) is 0 Å². The number of nitrogens with zero attached hydrogens (tertiary/aromatic N) is 1. The Bertz CT molecular complexity index is 389. The summed E-state index contributed by atoms with van der Waals surface area (Å²) < 4.78 is 36.3. The first-order valence-corrected chi connectivity index (χ1v) is 5.54. The number of nitrogens with one attached hydrogen (secondary N) is 1. The van der Waals surface area contributed by atoms with Crippen LogP contribution in [-0.2, 0) is 0 Å². The summed E-state index contributed by atoms with van der Waals surface area (Å²) in [4.78, 5) is 15.2. The Balaban J connectivity index is 2.73. The number of carbonyl (C=O) groups excluding carboxylic acids is 1. The second-order valence-corrected chi connectivity index (χ2v) is 4.42. The predicted octanol–water partition coefficient (Wildman–Crippen LogP) is 2.90. The maximum Gasteiger partial charge on any atom is 0.405 e. The van der Waals surface area contributed by atoms with Crippen molar-refractivity contribution < 1.29 is 18.0 Å². The molecule has 1 rings (SSSR count). The van der Waals surface area contributed by atoms with E-state index >= 15 is 0 Å². The monoisotopic (exact) mass is 360 g/mol. The lowest BCUT2D eigenvalue weighted by Crippen LogP contribution is -2.33. The van der Waals surface area contributed by atoms with Gasteiger partial charge in [0.25, 0.3) is 5.91 Å². The molecule has 0 aliphatic carbocycles. The molecule has 0 aliphatic rings. The van der Waals surface area contributed by atoms with E-state index in [1.54, 1.807) is 5.32 Å². The molecular formula is C8H5Br2F3N2O. The van der Waals surface area contributed by atoms with Gasteiger partial charge in [-0.1, -0.05) is 0 Å². The Morgan fingerprint density at radius 3 is 2.25 bits per heavy atom. The van der Waals surface area contributed by atoms with Gasteiger partial charge in [-0.2, -0.15) is 13.2 Å². The van der Waals surface area contributed by atoms with Crippen molar-refractivity contribution in [2.24, 2.45) is 0 Å². The van der Waals surface area contributed by atoms with Crippen LogP contribution < -0.4 is 5.32 Å². The average molecular weight is 362 g/mol. The van der Waals surface area contributed by atoms with Gasteiger partial charge in [0, 0.05) is 5.56 Å². The van der Waals surface area contributed by atoms with E-state index in [0.717, 1.165) is 0 Å². The van der Waals surface area contributed by atoms with Gasteiger partial charge in [0.1, 0.15) is 15.8 Å². The van der Waals surface area contributed by atoms with Gasteiger partial charge in [-0.3, -0.25) is 4.79 Å². The molecule has 1 amide bonds. The van der Waals surface area contributed by atoms with E-state index < -0.39 is 18.6 Å². The van der Waals surface area contributed by atoms with Crippen LogP contribution in [0.25, 0.3) is 0 Å². The molecule has 88 valence electrons. The van der Waals surface area contributed by atoms with Crippen molar-refractivity contribution in [3.63, 3.8) is 0 Å². The van der Waals surface area contributed by atoms with E-state index in [1.165, 1.54) is 12.1 Å². The van der Waals surface area contributed by atoms with E-state index in [9.17, 15) is 18.0 Å². The molecular weight excluding hydrogens is 357 g/mol. The zero-order chi connectivity index (χ0) is 12.3. The molecule has 0 saturated carbocycles. The van der Waals surface area contributed by atoms with Crippen molar-refractivity contribution in [2.75, 3.05) is 6.54 Å². The normalized spacial score (nSPS) is 11.3. The fraction of sp³-hybridized carbons (Fsp3) is 0.250. The number of halogens is 5. The minimum atomic E-state index is -4.42. The third-order valence-electron chi connectivity index (χ3n) is 1.47. The first-order chi connectivity index (χ1) is 7.28. The van der Waals surface area contributed by atoms with E-state index in [0.29, 0.717) is 9.21 Å². The second kappa shape index (κ2) is 5.13. The molecule has 0 atom stereocenters. The van der Waals surface area contributed by atoms with Gasteiger partial charge >= 0.3 is 6.18 Å². The SMILES string of the molecule is O=C(NCC(F)(F)F)c1cc(Br)nc(Br)c1. The maximum absolute atomic E-state index is 11.8. The Morgan fingerprint density at radius 2 is 1.81 bits per heavy atom. The third kappa shape index (κ3) is 4.48. The van der Waals surface area contributed by atoms with Gasteiger partial charge in [0.2, 0.25) is 0 Å². The lowest BCUT2D eigenvalue weighted by atomic mass is 10.2. The van der Waals surface area contributed by atoms with E-state index in [2.05, 4.69) is 36.8 Å². The summed E-state index contributed by atoms with van der Waals surface area (Å²) in [6.45, 7) is -1.36. The second-order valence-electron chi connectivity index (χ2n) is 2.80. The zero-order valence-corrected chi connectivity index (χ0v) is 10.8. The van der Waals surface area contributed by atoms with Gasteiger partial charge in [0.05, 0.1) is 0 Å². The van der Waals surface area contributed by atoms with Gasteiger partial charge in [-0.15, -0.1) is 0 Å². The van der Waals surface area contributed by atoms with E-state index in [-0.39, 0.29) is 5.56 Å². The van der Waals surface area contributed by atoms with Crippen LogP contribution in [0.1, 0.15) is 10.4 Å².